The van der Waals surface area contributed by atoms with Crippen molar-refractivity contribution in [2.75, 3.05) is 0 Å². The van der Waals surface area contributed by atoms with Gasteiger partial charge in [0.25, 0.3) is 0 Å². The van der Waals surface area contributed by atoms with E-state index >= 15 is 0 Å². The molecule has 0 saturated carbocycles. The van der Waals surface area contributed by atoms with Crippen LogP contribution in [-0.2, 0) is 15.4 Å². The molecule has 1 nitrogen and oxygen atoms in total. The van der Waals surface area contributed by atoms with Crippen molar-refractivity contribution < 1.29 is 4.43 Å². The molecule has 1 aromatic rings. The second-order valence-corrected chi connectivity index (χ2v) is 5.30. The van der Waals surface area contributed by atoms with Gasteiger partial charge in [0.15, 0.2) is 0 Å². The molecular formula is C15H19OSi. The van der Waals surface area contributed by atoms with E-state index in [4.69, 9.17) is 4.43 Å². The smallest absolute Gasteiger partial charge is 0.248 e. The van der Waals surface area contributed by atoms with Gasteiger partial charge in [-0.1, -0.05) is 70.3 Å². The van der Waals surface area contributed by atoms with Crippen molar-refractivity contribution in [1.29, 1.82) is 0 Å². The summed E-state index contributed by atoms with van der Waals surface area (Å²) >= 11 is 0. The molecule has 0 aliphatic carbocycles. The molecule has 0 saturated heterocycles. The van der Waals surface area contributed by atoms with Crippen LogP contribution in [-0.4, -0.2) is 10.5 Å². The quantitative estimate of drug-likeness (QED) is 0.579. The molecule has 0 spiro atoms. The third-order valence-corrected chi connectivity index (χ3v) is 3.27. The van der Waals surface area contributed by atoms with E-state index in [9.17, 15) is 0 Å². The molecule has 0 amide bonds. The van der Waals surface area contributed by atoms with Crippen LogP contribution in [0.5, 0.6) is 0 Å². The van der Waals surface area contributed by atoms with Gasteiger partial charge >= 0.3 is 0 Å². The number of hydrogen-bond donors (Lipinski definition) is 0. The van der Waals surface area contributed by atoms with E-state index in [-0.39, 0.29) is 5.41 Å². The number of benzene rings is 1. The van der Waals surface area contributed by atoms with Crippen LogP contribution < -0.4 is 0 Å². The molecule has 3 radical (unpaired) electrons. The van der Waals surface area contributed by atoms with Gasteiger partial charge in [-0.05, 0) is 16.5 Å². The summed E-state index contributed by atoms with van der Waals surface area (Å²) in [6, 6.07) is 8.19. The fourth-order valence-electron chi connectivity index (χ4n) is 1.92. The van der Waals surface area contributed by atoms with E-state index in [2.05, 4.69) is 50.5 Å². The van der Waals surface area contributed by atoms with Crippen LogP contribution in [0.2, 0.25) is 0 Å². The maximum absolute atomic E-state index is 5.43. The maximum Gasteiger partial charge on any atom is 0.248 e. The van der Waals surface area contributed by atoms with Gasteiger partial charge in [-0.2, -0.15) is 0 Å². The zero-order valence-corrected chi connectivity index (χ0v) is 11.8. The lowest BCUT2D eigenvalue weighted by Gasteiger charge is -2.33. The average Bonchev–Trinajstić information content (AvgIpc) is 2.31. The minimum Gasteiger partial charge on any atom is -0.402 e. The van der Waals surface area contributed by atoms with Crippen molar-refractivity contribution in [3.05, 3.63) is 60.7 Å². The van der Waals surface area contributed by atoms with Crippen LogP contribution >= 0.6 is 0 Å². The van der Waals surface area contributed by atoms with E-state index in [0.717, 1.165) is 5.56 Å². The van der Waals surface area contributed by atoms with Crippen LogP contribution in [0.4, 0.5) is 0 Å². The molecule has 2 heteroatoms. The molecule has 1 aromatic carbocycles. The summed E-state index contributed by atoms with van der Waals surface area (Å²) in [5.74, 6) is 0. The van der Waals surface area contributed by atoms with Crippen molar-refractivity contribution in [1.82, 2.24) is 0 Å². The fraction of sp³-hybridized carbons (Fsp3) is 0.333. The predicted octanol–water partition coefficient (Wildman–Crippen LogP) is 3.65. The minimum atomic E-state index is -0.694. The first-order valence-electron chi connectivity index (χ1n) is 5.63. The summed E-state index contributed by atoms with van der Waals surface area (Å²) in [5, 5.41) is 0. The lowest BCUT2D eigenvalue weighted by atomic mass is 9.78. The normalized spacial score (nSPS) is 12.2. The number of hydrogen-bond acceptors (Lipinski definition) is 1. The highest BCUT2D eigenvalue weighted by atomic mass is 28.2. The molecule has 89 valence electrons. The highest BCUT2D eigenvalue weighted by molar-refractivity contribution is 5.98. The monoisotopic (exact) mass is 243 g/mol. The minimum absolute atomic E-state index is 0.0403. The highest BCUT2D eigenvalue weighted by Gasteiger charge is 2.30. The Hall–Kier alpha value is -1.12. The van der Waals surface area contributed by atoms with E-state index in [1.807, 2.05) is 18.2 Å². The standard InChI is InChI=1S/C15H19OSi/c1-6-15(7-2,16-17)13-11-9-8-10-12(13)14(3,4)5/h6-11H,1-2H2,3-5H3. The molecule has 1 rings (SSSR count). The lowest BCUT2D eigenvalue weighted by molar-refractivity contribution is 0.190. The van der Waals surface area contributed by atoms with E-state index in [1.165, 1.54) is 5.56 Å². The van der Waals surface area contributed by atoms with Gasteiger partial charge in [0.2, 0.25) is 10.5 Å². The third kappa shape index (κ3) is 2.59. The van der Waals surface area contributed by atoms with Crippen LogP contribution in [0.15, 0.2) is 49.6 Å². The molecule has 0 bridgehead atoms. The van der Waals surface area contributed by atoms with E-state index in [0.29, 0.717) is 0 Å². The molecule has 0 fully saturated rings. The van der Waals surface area contributed by atoms with Crippen molar-refractivity contribution in [2.45, 2.75) is 31.8 Å². The van der Waals surface area contributed by atoms with Crippen LogP contribution in [0.1, 0.15) is 31.9 Å². The van der Waals surface area contributed by atoms with Crippen LogP contribution in [0.3, 0.4) is 0 Å². The molecule has 0 aliphatic heterocycles. The van der Waals surface area contributed by atoms with Gasteiger partial charge in [-0.3, -0.25) is 0 Å². The predicted molar refractivity (Wildman–Crippen MR) is 74.1 cm³/mol. The van der Waals surface area contributed by atoms with Crippen LogP contribution in [0.25, 0.3) is 0 Å². The largest absolute Gasteiger partial charge is 0.402 e. The van der Waals surface area contributed by atoms with E-state index in [1.54, 1.807) is 12.2 Å². The van der Waals surface area contributed by atoms with Gasteiger partial charge in [-0.25, -0.2) is 0 Å². The Balaban J connectivity index is 3.50. The second kappa shape index (κ2) is 5.03. The summed E-state index contributed by atoms with van der Waals surface area (Å²) < 4.78 is 5.43. The molecule has 0 heterocycles. The first-order valence-corrected chi connectivity index (χ1v) is 6.04. The summed E-state index contributed by atoms with van der Waals surface area (Å²) in [5.41, 5.74) is 1.63. The van der Waals surface area contributed by atoms with E-state index < -0.39 is 5.60 Å². The van der Waals surface area contributed by atoms with Crippen molar-refractivity contribution in [3.8, 4) is 0 Å². The molecule has 0 unspecified atom stereocenters. The zero-order chi connectivity index (χ0) is 13.1. The summed E-state index contributed by atoms with van der Waals surface area (Å²) in [7, 11) is 3.14. The summed E-state index contributed by atoms with van der Waals surface area (Å²) in [6.07, 6.45) is 3.50. The van der Waals surface area contributed by atoms with Gasteiger partial charge in [0, 0.05) is 0 Å². The van der Waals surface area contributed by atoms with Crippen molar-refractivity contribution >= 4 is 10.5 Å². The molecular weight excluding hydrogens is 224 g/mol. The topological polar surface area (TPSA) is 9.23 Å². The van der Waals surface area contributed by atoms with Gasteiger partial charge < -0.3 is 4.43 Å². The molecule has 0 atom stereocenters. The van der Waals surface area contributed by atoms with Gasteiger partial charge in [0.05, 0.1) is 0 Å². The Bertz CT molecular complexity index is 407. The SMILES string of the molecule is C=CC(C=C)(O[Si])c1ccccc1C(C)(C)C. The Morgan fingerprint density at radius 1 is 1.06 bits per heavy atom. The third-order valence-electron chi connectivity index (χ3n) is 2.93. The lowest BCUT2D eigenvalue weighted by Crippen LogP contribution is -2.28. The highest BCUT2D eigenvalue weighted by Crippen LogP contribution is 2.36. The van der Waals surface area contributed by atoms with Gasteiger partial charge in [0.1, 0.15) is 5.60 Å². The molecule has 0 N–H and O–H groups in total. The number of rotatable bonds is 4. The zero-order valence-electron chi connectivity index (χ0n) is 10.8. The Labute approximate surface area is 108 Å². The maximum atomic E-state index is 5.43. The summed E-state index contributed by atoms with van der Waals surface area (Å²) in [6.45, 7) is 14.2. The molecule has 0 aromatic heterocycles. The van der Waals surface area contributed by atoms with Crippen LogP contribution in [0, 0.1) is 0 Å². The molecule has 17 heavy (non-hydrogen) atoms. The first kappa shape index (κ1) is 13.9. The second-order valence-electron chi connectivity index (χ2n) is 5.10. The van der Waals surface area contributed by atoms with Gasteiger partial charge in [-0.15, -0.1) is 0 Å². The first-order chi connectivity index (χ1) is 7.91. The Kier molecular flexibility index (Phi) is 4.12. The Morgan fingerprint density at radius 2 is 1.53 bits per heavy atom. The van der Waals surface area contributed by atoms with Crippen molar-refractivity contribution in [3.63, 3.8) is 0 Å². The molecule has 0 aliphatic rings. The Morgan fingerprint density at radius 3 is 1.88 bits per heavy atom. The summed E-state index contributed by atoms with van der Waals surface area (Å²) in [4.78, 5) is 0. The van der Waals surface area contributed by atoms with Crippen molar-refractivity contribution in [2.24, 2.45) is 0 Å². The average molecular weight is 243 g/mol. The fourth-order valence-corrected chi connectivity index (χ4v) is 2.20.